The molecule has 0 fully saturated rings. The lowest BCUT2D eigenvalue weighted by Crippen LogP contribution is -2.43. The number of hydrogen-bond donors (Lipinski definition) is 1. The molecule has 1 heterocycles. The second-order valence-corrected chi connectivity index (χ2v) is 9.01. The van der Waals surface area contributed by atoms with Crippen molar-refractivity contribution in [3.8, 4) is 16.9 Å². The van der Waals surface area contributed by atoms with Gasteiger partial charge in [0.25, 0.3) is 10.0 Å². The Kier molecular flexibility index (Phi) is 5.65. The third kappa shape index (κ3) is 4.25. The highest BCUT2D eigenvalue weighted by Crippen LogP contribution is 2.42. The summed E-state index contributed by atoms with van der Waals surface area (Å²) in [6.45, 7) is 2.02. The molecule has 160 valence electrons. The van der Waals surface area contributed by atoms with Crippen LogP contribution in [0.3, 0.4) is 0 Å². The summed E-state index contributed by atoms with van der Waals surface area (Å²) in [5, 5.41) is 2.67. The number of fused-ring (bicyclic) bond motifs is 3. The molecule has 1 aliphatic rings. The molecule has 0 saturated carbocycles. The second-order valence-electron chi connectivity index (χ2n) is 7.18. The normalized spacial score (nSPS) is 13.8. The molecule has 0 aromatic heterocycles. The average Bonchev–Trinajstić information content (AvgIpc) is 2.76. The van der Waals surface area contributed by atoms with E-state index in [1.54, 1.807) is 18.2 Å². The number of hydrogen-bond acceptors (Lipinski definition) is 4. The van der Waals surface area contributed by atoms with Crippen LogP contribution >= 0.6 is 0 Å². The van der Waals surface area contributed by atoms with E-state index in [-0.39, 0.29) is 23.7 Å². The summed E-state index contributed by atoms with van der Waals surface area (Å²) in [6, 6.07) is 17.7. The SMILES string of the molecule is Cc1ccc(OCCNC(=O)CN2c3ccc(F)cc3-c3ccccc3S2(=O)=O)cc1. The van der Waals surface area contributed by atoms with Crippen molar-refractivity contribution in [2.24, 2.45) is 0 Å². The van der Waals surface area contributed by atoms with Crippen molar-refractivity contribution in [1.82, 2.24) is 5.32 Å². The minimum absolute atomic E-state index is 0.0450. The maximum atomic E-state index is 13.9. The van der Waals surface area contributed by atoms with E-state index in [0.29, 0.717) is 16.9 Å². The highest BCUT2D eigenvalue weighted by atomic mass is 32.2. The molecule has 1 N–H and O–H groups in total. The van der Waals surface area contributed by atoms with Gasteiger partial charge in [0.15, 0.2) is 0 Å². The number of halogens is 1. The highest BCUT2D eigenvalue weighted by molar-refractivity contribution is 7.93. The maximum absolute atomic E-state index is 13.9. The van der Waals surface area contributed by atoms with Gasteiger partial charge < -0.3 is 10.1 Å². The Morgan fingerprint density at radius 3 is 2.55 bits per heavy atom. The Hall–Kier alpha value is -3.39. The van der Waals surface area contributed by atoms with Gasteiger partial charge in [-0.3, -0.25) is 9.10 Å². The number of benzene rings is 3. The van der Waals surface area contributed by atoms with E-state index in [9.17, 15) is 17.6 Å². The van der Waals surface area contributed by atoms with Crippen LogP contribution in [0.4, 0.5) is 10.1 Å². The fourth-order valence-corrected chi connectivity index (χ4v) is 5.10. The van der Waals surface area contributed by atoms with Crippen molar-refractivity contribution in [3.05, 3.63) is 78.1 Å². The number of amides is 1. The molecular formula is C23H21FN2O4S. The van der Waals surface area contributed by atoms with E-state index < -0.39 is 28.3 Å². The van der Waals surface area contributed by atoms with Crippen LogP contribution in [0.2, 0.25) is 0 Å². The quantitative estimate of drug-likeness (QED) is 0.596. The van der Waals surface area contributed by atoms with E-state index in [1.165, 1.54) is 24.3 Å². The molecule has 0 unspecified atom stereocenters. The first-order valence-corrected chi connectivity index (χ1v) is 11.2. The van der Waals surface area contributed by atoms with Crippen LogP contribution < -0.4 is 14.4 Å². The first-order valence-electron chi connectivity index (χ1n) is 9.74. The standard InChI is InChI=1S/C23H21FN2O4S/c1-16-6-9-18(10-7-16)30-13-12-25-23(27)15-26-21-11-8-17(24)14-20(21)19-4-2-3-5-22(19)31(26,28)29/h2-11,14H,12-13,15H2,1H3,(H,25,27). The zero-order chi connectivity index (χ0) is 22.0. The minimum Gasteiger partial charge on any atom is -0.492 e. The molecule has 4 rings (SSSR count). The molecule has 0 bridgehead atoms. The fraction of sp³-hybridized carbons (Fsp3) is 0.174. The van der Waals surface area contributed by atoms with Crippen LogP contribution in [-0.4, -0.2) is 34.0 Å². The van der Waals surface area contributed by atoms with Gasteiger partial charge in [0.05, 0.1) is 17.1 Å². The van der Waals surface area contributed by atoms with Crippen LogP contribution in [0, 0.1) is 12.7 Å². The Morgan fingerprint density at radius 1 is 1.03 bits per heavy atom. The van der Waals surface area contributed by atoms with E-state index in [2.05, 4.69) is 5.32 Å². The summed E-state index contributed by atoms with van der Waals surface area (Å²) in [4.78, 5) is 12.5. The highest BCUT2D eigenvalue weighted by Gasteiger charge is 2.35. The number of aryl methyl sites for hydroxylation is 1. The van der Waals surface area contributed by atoms with Gasteiger partial charge in [0.1, 0.15) is 24.7 Å². The first-order chi connectivity index (χ1) is 14.9. The molecule has 3 aromatic carbocycles. The summed E-state index contributed by atoms with van der Waals surface area (Å²) in [6.07, 6.45) is 0. The monoisotopic (exact) mass is 440 g/mol. The lowest BCUT2D eigenvalue weighted by atomic mass is 10.0. The molecule has 3 aromatic rings. The summed E-state index contributed by atoms with van der Waals surface area (Å²) in [5.41, 5.74) is 2.23. The lowest BCUT2D eigenvalue weighted by Gasteiger charge is -2.31. The zero-order valence-corrected chi connectivity index (χ0v) is 17.7. The molecule has 6 nitrogen and oxygen atoms in total. The van der Waals surface area contributed by atoms with Crippen LogP contribution in [0.5, 0.6) is 5.75 Å². The van der Waals surface area contributed by atoms with Gasteiger partial charge in [0.2, 0.25) is 5.91 Å². The van der Waals surface area contributed by atoms with Gasteiger partial charge in [-0.25, -0.2) is 12.8 Å². The lowest BCUT2D eigenvalue weighted by molar-refractivity contribution is -0.119. The van der Waals surface area contributed by atoms with Gasteiger partial charge in [-0.1, -0.05) is 35.9 Å². The number of anilines is 1. The van der Waals surface area contributed by atoms with E-state index in [0.717, 1.165) is 9.87 Å². The van der Waals surface area contributed by atoms with Crippen molar-refractivity contribution in [2.75, 3.05) is 24.0 Å². The van der Waals surface area contributed by atoms with Crippen molar-refractivity contribution >= 4 is 21.6 Å². The summed E-state index contributed by atoms with van der Waals surface area (Å²) < 4.78 is 46.8. The zero-order valence-electron chi connectivity index (χ0n) is 16.8. The van der Waals surface area contributed by atoms with Crippen LogP contribution in [0.15, 0.2) is 71.6 Å². The minimum atomic E-state index is -3.96. The fourth-order valence-electron chi connectivity index (χ4n) is 3.45. The summed E-state index contributed by atoms with van der Waals surface area (Å²) >= 11 is 0. The summed E-state index contributed by atoms with van der Waals surface area (Å²) in [7, 11) is -3.96. The van der Waals surface area contributed by atoms with Gasteiger partial charge in [-0.15, -0.1) is 0 Å². The van der Waals surface area contributed by atoms with E-state index in [4.69, 9.17) is 4.74 Å². The van der Waals surface area contributed by atoms with E-state index >= 15 is 0 Å². The number of rotatable bonds is 6. The maximum Gasteiger partial charge on any atom is 0.265 e. The molecule has 0 spiro atoms. The smallest absolute Gasteiger partial charge is 0.265 e. The molecule has 0 aliphatic carbocycles. The van der Waals surface area contributed by atoms with Gasteiger partial charge >= 0.3 is 0 Å². The number of nitrogens with zero attached hydrogens (tertiary/aromatic N) is 1. The largest absolute Gasteiger partial charge is 0.492 e. The number of carbonyl (C=O) groups excluding carboxylic acids is 1. The Morgan fingerprint density at radius 2 is 1.77 bits per heavy atom. The van der Waals surface area contributed by atoms with Crippen molar-refractivity contribution < 1.29 is 22.3 Å². The number of sulfonamides is 1. The molecule has 0 atom stereocenters. The molecule has 31 heavy (non-hydrogen) atoms. The molecule has 1 aliphatic heterocycles. The van der Waals surface area contributed by atoms with Crippen LogP contribution in [0.25, 0.3) is 11.1 Å². The van der Waals surface area contributed by atoms with Gasteiger partial charge in [0, 0.05) is 11.1 Å². The Labute approximate surface area is 180 Å². The third-order valence-electron chi connectivity index (χ3n) is 4.97. The van der Waals surface area contributed by atoms with Crippen LogP contribution in [-0.2, 0) is 14.8 Å². The number of ether oxygens (including phenoxy) is 1. The van der Waals surface area contributed by atoms with Crippen molar-refractivity contribution in [2.45, 2.75) is 11.8 Å². The van der Waals surface area contributed by atoms with Crippen molar-refractivity contribution in [3.63, 3.8) is 0 Å². The van der Waals surface area contributed by atoms with Gasteiger partial charge in [-0.05, 0) is 43.3 Å². The predicted molar refractivity (Wildman–Crippen MR) is 116 cm³/mol. The predicted octanol–water partition coefficient (Wildman–Crippen LogP) is 3.51. The Balaban J connectivity index is 1.47. The topological polar surface area (TPSA) is 75.7 Å². The molecule has 0 radical (unpaired) electrons. The third-order valence-corrected chi connectivity index (χ3v) is 6.79. The number of carbonyl (C=O) groups is 1. The Bertz CT molecular complexity index is 1230. The van der Waals surface area contributed by atoms with E-state index in [1.807, 2.05) is 31.2 Å². The molecule has 8 heteroatoms. The second kappa shape index (κ2) is 8.39. The molecular weight excluding hydrogens is 419 g/mol. The van der Waals surface area contributed by atoms with Gasteiger partial charge in [-0.2, -0.15) is 0 Å². The average molecular weight is 440 g/mol. The summed E-state index contributed by atoms with van der Waals surface area (Å²) in [5.74, 6) is -0.276. The molecule has 0 saturated heterocycles. The first kappa shape index (κ1) is 20.9. The van der Waals surface area contributed by atoms with Crippen LogP contribution in [0.1, 0.15) is 5.56 Å². The van der Waals surface area contributed by atoms with Crippen molar-refractivity contribution in [1.29, 1.82) is 0 Å². The number of nitrogens with one attached hydrogen (secondary N) is 1. The molecule has 1 amide bonds.